The summed E-state index contributed by atoms with van der Waals surface area (Å²) in [6.45, 7) is 1.94. The second kappa shape index (κ2) is 4.92. The largest absolute Gasteiger partial charge is 0.507 e. The Morgan fingerprint density at radius 3 is 2.50 bits per heavy atom. The Morgan fingerprint density at radius 2 is 1.89 bits per heavy atom. The minimum atomic E-state index is 0.139. The molecule has 0 aromatic heterocycles. The van der Waals surface area contributed by atoms with Crippen LogP contribution in [0.4, 0.5) is 0 Å². The molecule has 0 saturated carbocycles. The monoisotopic (exact) mass is 242 g/mol. The summed E-state index contributed by atoms with van der Waals surface area (Å²) in [6.07, 6.45) is 0.795. The highest BCUT2D eigenvalue weighted by atomic mass is 16.5. The lowest BCUT2D eigenvalue weighted by molar-refractivity contribution is 0.112. The third-order valence-electron chi connectivity index (χ3n) is 2.89. The van der Waals surface area contributed by atoms with E-state index in [-0.39, 0.29) is 5.75 Å². The highest BCUT2D eigenvalue weighted by molar-refractivity contribution is 5.82. The van der Waals surface area contributed by atoms with E-state index in [9.17, 15) is 9.90 Å². The molecule has 0 heterocycles. The number of phenolic OH excluding ortho intramolecular Hbond substituents is 1. The van der Waals surface area contributed by atoms with Crippen LogP contribution in [0.25, 0.3) is 11.1 Å². The number of hydrogen-bond donors (Lipinski definition) is 1. The quantitative estimate of drug-likeness (QED) is 0.841. The average Bonchev–Trinajstić information content (AvgIpc) is 2.39. The number of methoxy groups -OCH3 is 1. The number of aryl methyl sites for hydroxylation is 1. The number of carbonyl (C=O) groups is 1. The van der Waals surface area contributed by atoms with Crippen LogP contribution in [0.15, 0.2) is 36.4 Å². The number of benzene rings is 2. The van der Waals surface area contributed by atoms with Gasteiger partial charge in [-0.25, -0.2) is 0 Å². The van der Waals surface area contributed by atoms with Gasteiger partial charge in [0.05, 0.1) is 7.11 Å². The smallest absolute Gasteiger partial charge is 0.150 e. The summed E-state index contributed by atoms with van der Waals surface area (Å²) in [4.78, 5) is 10.8. The highest BCUT2D eigenvalue weighted by Crippen LogP contribution is 2.34. The second-order valence-electron chi connectivity index (χ2n) is 4.08. The topological polar surface area (TPSA) is 46.5 Å². The zero-order chi connectivity index (χ0) is 13.1. The van der Waals surface area contributed by atoms with Gasteiger partial charge in [0, 0.05) is 17.2 Å². The first-order valence-electron chi connectivity index (χ1n) is 5.59. The van der Waals surface area contributed by atoms with E-state index in [0.717, 1.165) is 17.4 Å². The molecule has 2 aromatic carbocycles. The molecule has 0 aliphatic heterocycles. The predicted octanol–water partition coefficient (Wildman–Crippen LogP) is 3.19. The van der Waals surface area contributed by atoms with E-state index in [1.165, 1.54) is 0 Å². The number of phenols is 1. The van der Waals surface area contributed by atoms with Crippen molar-refractivity contribution < 1.29 is 14.6 Å². The molecule has 2 aromatic rings. The van der Waals surface area contributed by atoms with E-state index in [2.05, 4.69) is 0 Å². The minimum absolute atomic E-state index is 0.139. The van der Waals surface area contributed by atoms with Gasteiger partial charge in [0.1, 0.15) is 17.8 Å². The molecule has 0 radical (unpaired) electrons. The Kier molecular flexibility index (Phi) is 3.33. The zero-order valence-electron chi connectivity index (χ0n) is 10.3. The molecule has 0 aliphatic carbocycles. The molecule has 0 bridgehead atoms. The SMILES string of the molecule is COc1ccc(-c2cc(C=O)ccc2C)c(O)c1. The van der Waals surface area contributed by atoms with Gasteiger partial charge in [-0.2, -0.15) is 0 Å². The number of hydrogen-bond acceptors (Lipinski definition) is 3. The van der Waals surface area contributed by atoms with Crippen molar-refractivity contribution in [1.29, 1.82) is 0 Å². The van der Waals surface area contributed by atoms with E-state index >= 15 is 0 Å². The number of aldehydes is 1. The van der Waals surface area contributed by atoms with E-state index in [1.807, 2.05) is 13.0 Å². The third-order valence-corrected chi connectivity index (χ3v) is 2.89. The van der Waals surface area contributed by atoms with Crippen LogP contribution >= 0.6 is 0 Å². The molecule has 3 heteroatoms. The molecule has 3 nitrogen and oxygen atoms in total. The van der Waals surface area contributed by atoms with Crippen molar-refractivity contribution in [2.45, 2.75) is 6.92 Å². The van der Waals surface area contributed by atoms with Crippen LogP contribution in [-0.4, -0.2) is 18.5 Å². The molecule has 0 aliphatic rings. The fourth-order valence-electron chi connectivity index (χ4n) is 1.87. The first kappa shape index (κ1) is 12.2. The fraction of sp³-hybridized carbons (Fsp3) is 0.133. The average molecular weight is 242 g/mol. The summed E-state index contributed by atoms with van der Waals surface area (Å²) >= 11 is 0. The Hall–Kier alpha value is -2.29. The summed E-state index contributed by atoms with van der Waals surface area (Å²) in [7, 11) is 1.55. The normalized spacial score (nSPS) is 10.1. The molecule has 0 atom stereocenters. The lowest BCUT2D eigenvalue weighted by atomic mass is 9.97. The van der Waals surface area contributed by atoms with Gasteiger partial charge in [0.15, 0.2) is 0 Å². The van der Waals surface area contributed by atoms with E-state index in [1.54, 1.807) is 37.4 Å². The molecule has 0 spiro atoms. The molecule has 18 heavy (non-hydrogen) atoms. The summed E-state index contributed by atoms with van der Waals surface area (Å²) in [5, 5.41) is 10.00. The summed E-state index contributed by atoms with van der Waals surface area (Å²) in [6, 6.07) is 10.5. The van der Waals surface area contributed by atoms with Crippen LogP contribution in [-0.2, 0) is 0 Å². The third kappa shape index (κ3) is 2.20. The zero-order valence-corrected chi connectivity index (χ0v) is 10.3. The van der Waals surface area contributed by atoms with Crippen molar-refractivity contribution in [3.8, 4) is 22.6 Å². The standard InChI is InChI=1S/C15H14O3/c1-10-3-4-11(9-16)7-14(10)13-6-5-12(18-2)8-15(13)17/h3-9,17H,1-2H3. The lowest BCUT2D eigenvalue weighted by Gasteiger charge is -2.10. The Bertz CT molecular complexity index is 588. The van der Waals surface area contributed by atoms with Gasteiger partial charge in [-0.3, -0.25) is 4.79 Å². The Balaban J connectivity index is 2.57. The van der Waals surface area contributed by atoms with E-state index < -0.39 is 0 Å². The molecule has 0 saturated heterocycles. The number of aromatic hydroxyl groups is 1. The van der Waals surface area contributed by atoms with Crippen molar-refractivity contribution in [3.63, 3.8) is 0 Å². The molecule has 1 N–H and O–H groups in total. The summed E-state index contributed by atoms with van der Waals surface area (Å²) in [5.74, 6) is 0.737. The minimum Gasteiger partial charge on any atom is -0.507 e. The second-order valence-corrected chi connectivity index (χ2v) is 4.08. The Morgan fingerprint density at radius 1 is 1.11 bits per heavy atom. The molecule has 0 amide bonds. The molecular weight excluding hydrogens is 228 g/mol. The van der Waals surface area contributed by atoms with Gasteiger partial charge in [0.25, 0.3) is 0 Å². The van der Waals surface area contributed by atoms with Gasteiger partial charge in [-0.15, -0.1) is 0 Å². The van der Waals surface area contributed by atoms with Crippen molar-refractivity contribution in [2.75, 3.05) is 7.11 Å². The van der Waals surface area contributed by atoms with Crippen LogP contribution in [0, 0.1) is 6.92 Å². The number of carbonyl (C=O) groups excluding carboxylic acids is 1. The maximum atomic E-state index is 10.8. The van der Waals surface area contributed by atoms with Crippen molar-refractivity contribution in [2.24, 2.45) is 0 Å². The van der Waals surface area contributed by atoms with Gasteiger partial charge >= 0.3 is 0 Å². The first-order chi connectivity index (χ1) is 8.65. The van der Waals surface area contributed by atoms with Crippen LogP contribution in [0.2, 0.25) is 0 Å². The summed E-state index contributed by atoms with van der Waals surface area (Å²) in [5.41, 5.74) is 3.13. The van der Waals surface area contributed by atoms with Gasteiger partial charge in [-0.05, 0) is 36.2 Å². The molecular formula is C15H14O3. The molecule has 0 fully saturated rings. The fourth-order valence-corrected chi connectivity index (χ4v) is 1.87. The van der Waals surface area contributed by atoms with Crippen molar-refractivity contribution in [1.82, 2.24) is 0 Å². The number of ether oxygens (including phenoxy) is 1. The van der Waals surface area contributed by atoms with Gasteiger partial charge < -0.3 is 9.84 Å². The summed E-state index contributed by atoms with van der Waals surface area (Å²) < 4.78 is 5.04. The van der Waals surface area contributed by atoms with E-state index in [0.29, 0.717) is 16.9 Å². The van der Waals surface area contributed by atoms with Crippen LogP contribution < -0.4 is 4.74 Å². The van der Waals surface area contributed by atoms with Crippen LogP contribution in [0.3, 0.4) is 0 Å². The van der Waals surface area contributed by atoms with Gasteiger partial charge in [0.2, 0.25) is 0 Å². The highest BCUT2D eigenvalue weighted by Gasteiger charge is 2.09. The Labute approximate surface area is 106 Å². The van der Waals surface area contributed by atoms with Crippen LogP contribution in [0.1, 0.15) is 15.9 Å². The van der Waals surface area contributed by atoms with Gasteiger partial charge in [-0.1, -0.05) is 12.1 Å². The van der Waals surface area contributed by atoms with Crippen LogP contribution in [0.5, 0.6) is 11.5 Å². The molecule has 0 unspecified atom stereocenters. The first-order valence-corrected chi connectivity index (χ1v) is 5.59. The van der Waals surface area contributed by atoms with Crippen molar-refractivity contribution >= 4 is 6.29 Å². The molecule has 2 rings (SSSR count). The maximum Gasteiger partial charge on any atom is 0.150 e. The number of rotatable bonds is 3. The lowest BCUT2D eigenvalue weighted by Crippen LogP contribution is -1.89. The van der Waals surface area contributed by atoms with Crippen molar-refractivity contribution in [3.05, 3.63) is 47.5 Å². The maximum absolute atomic E-state index is 10.8. The predicted molar refractivity (Wildman–Crippen MR) is 70.2 cm³/mol. The van der Waals surface area contributed by atoms with E-state index in [4.69, 9.17) is 4.74 Å². The molecule has 92 valence electrons.